The van der Waals surface area contributed by atoms with Crippen LogP contribution >= 0.6 is 0 Å². The van der Waals surface area contributed by atoms with E-state index in [1.807, 2.05) is 6.07 Å². The quantitative estimate of drug-likeness (QED) is 0.811. The molecule has 0 aliphatic carbocycles. The van der Waals surface area contributed by atoms with Gasteiger partial charge in [0.2, 0.25) is 0 Å². The molecule has 1 heterocycles. The van der Waals surface area contributed by atoms with E-state index < -0.39 is 0 Å². The van der Waals surface area contributed by atoms with Gasteiger partial charge in [0, 0.05) is 19.1 Å². The molecule has 1 aromatic carbocycles. The van der Waals surface area contributed by atoms with Crippen LogP contribution in [0.1, 0.15) is 24.5 Å². The Labute approximate surface area is 88.7 Å². The van der Waals surface area contributed by atoms with Gasteiger partial charge in [0.15, 0.2) is 0 Å². The largest absolute Gasteiger partial charge is 0.396 e. The molecule has 2 atom stereocenters. The van der Waals surface area contributed by atoms with Gasteiger partial charge in [-0.3, -0.25) is 0 Å². The van der Waals surface area contributed by atoms with Crippen molar-refractivity contribution in [2.75, 3.05) is 13.2 Å². The molecular formula is C12H15FO2. The fourth-order valence-corrected chi connectivity index (χ4v) is 2.08. The second-order valence-corrected chi connectivity index (χ2v) is 3.93. The summed E-state index contributed by atoms with van der Waals surface area (Å²) in [6.07, 6.45) is 1.76. The number of halogens is 1. The fourth-order valence-electron chi connectivity index (χ4n) is 2.08. The minimum atomic E-state index is -0.252. The second kappa shape index (κ2) is 4.73. The van der Waals surface area contributed by atoms with Crippen molar-refractivity contribution in [3.05, 3.63) is 35.6 Å². The number of hydrogen-bond acceptors (Lipinski definition) is 2. The molecule has 0 bridgehead atoms. The van der Waals surface area contributed by atoms with E-state index in [1.165, 1.54) is 12.1 Å². The molecule has 2 unspecified atom stereocenters. The van der Waals surface area contributed by atoms with Crippen molar-refractivity contribution in [3.8, 4) is 0 Å². The third-order valence-corrected chi connectivity index (χ3v) is 2.86. The molecule has 0 saturated carbocycles. The van der Waals surface area contributed by atoms with Crippen molar-refractivity contribution < 1.29 is 14.2 Å². The minimum absolute atomic E-state index is 0.0977. The van der Waals surface area contributed by atoms with Gasteiger partial charge in [-0.05, 0) is 30.5 Å². The predicted molar refractivity (Wildman–Crippen MR) is 54.9 cm³/mol. The van der Waals surface area contributed by atoms with Gasteiger partial charge < -0.3 is 9.84 Å². The highest BCUT2D eigenvalue weighted by Crippen LogP contribution is 2.33. The molecule has 1 aliphatic rings. The Morgan fingerprint density at radius 2 is 2.33 bits per heavy atom. The first-order valence-corrected chi connectivity index (χ1v) is 5.29. The lowest BCUT2D eigenvalue weighted by Gasteiger charge is -2.30. The van der Waals surface area contributed by atoms with Crippen molar-refractivity contribution in [2.24, 2.45) is 5.92 Å². The summed E-state index contributed by atoms with van der Waals surface area (Å²) in [4.78, 5) is 0. The Kier molecular flexibility index (Phi) is 3.34. The van der Waals surface area contributed by atoms with E-state index >= 15 is 0 Å². The zero-order valence-corrected chi connectivity index (χ0v) is 8.53. The van der Waals surface area contributed by atoms with Crippen LogP contribution in [0.5, 0.6) is 0 Å². The molecule has 0 radical (unpaired) electrons. The topological polar surface area (TPSA) is 29.5 Å². The summed E-state index contributed by atoms with van der Waals surface area (Å²) in [5.41, 5.74) is 0.828. The summed E-state index contributed by atoms with van der Waals surface area (Å²) < 4.78 is 18.6. The highest BCUT2D eigenvalue weighted by atomic mass is 19.1. The highest BCUT2D eigenvalue weighted by molar-refractivity contribution is 5.20. The Morgan fingerprint density at radius 3 is 3.07 bits per heavy atom. The standard InChI is InChI=1S/C12H15FO2/c13-11-5-1-3-9(7-11)12-10(8-14)4-2-6-15-12/h1,3,5,7,10,12,14H,2,4,6,8H2. The van der Waals surface area contributed by atoms with Gasteiger partial charge in [-0.25, -0.2) is 4.39 Å². The maximum atomic E-state index is 13.0. The molecule has 3 heteroatoms. The van der Waals surface area contributed by atoms with Crippen LogP contribution in [0, 0.1) is 11.7 Å². The van der Waals surface area contributed by atoms with E-state index in [-0.39, 0.29) is 24.4 Å². The maximum Gasteiger partial charge on any atom is 0.123 e. The van der Waals surface area contributed by atoms with Gasteiger partial charge in [-0.1, -0.05) is 12.1 Å². The van der Waals surface area contributed by atoms with Gasteiger partial charge in [-0.15, -0.1) is 0 Å². The maximum absolute atomic E-state index is 13.0. The third-order valence-electron chi connectivity index (χ3n) is 2.86. The Hall–Kier alpha value is -0.930. The first-order valence-electron chi connectivity index (χ1n) is 5.29. The predicted octanol–water partition coefficient (Wildman–Crippen LogP) is 2.29. The van der Waals surface area contributed by atoms with Crippen molar-refractivity contribution >= 4 is 0 Å². The molecule has 0 spiro atoms. The van der Waals surface area contributed by atoms with Gasteiger partial charge in [-0.2, -0.15) is 0 Å². The van der Waals surface area contributed by atoms with Crippen molar-refractivity contribution in [1.82, 2.24) is 0 Å². The molecule has 1 fully saturated rings. The SMILES string of the molecule is OCC1CCCOC1c1cccc(F)c1. The zero-order valence-electron chi connectivity index (χ0n) is 8.53. The summed E-state index contributed by atoms with van der Waals surface area (Å²) in [5, 5.41) is 9.22. The van der Waals surface area contributed by atoms with Gasteiger partial charge >= 0.3 is 0 Å². The molecule has 1 N–H and O–H groups in total. The summed E-state index contributed by atoms with van der Waals surface area (Å²) in [5.74, 6) is -0.154. The van der Waals surface area contributed by atoms with E-state index in [4.69, 9.17) is 4.74 Å². The van der Waals surface area contributed by atoms with Crippen molar-refractivity contribution in [3.63, 3.8) is 0 Å². The van der Waals surface area contributed by atoms with Crippen LogP contribution in [0.2, 0.25) is 0 Å². The molecule has 2 nitrogen and oxygen atoms in total. The van der Waals surface area contributed by atoms with E-state index in [0.717, 1.165) is 18.4 Å². The summed E-state index contributed by atoms with van der Waals surface area (Å²) >= 11 is 0. The van der Waals surface area contributed by atoms with Gasteiger partial charge in [0.25, 0.3) is 0 Å². The average molecular weight is 210 g/mol. The number of rotatable bonds is 2. The van der Waals surface area contributed by atoms with Crippen LogP contribution in [0.3, 0.4) is 0 Å². The lowest BCUT2D eigenvalue weighted by molar-refractivity contribution is -0.0458. The summed E-state index contributed by atoms with van der Waals surface area (Å²) in [6, 6.07) is 6.43. The number of ether oxygens (including phenoxy) is 1. The molecule has 1 saturated heterocycles. The number of aliphatic hydroxyl groups excluding tert-OH is 1. The fraction of sp³-hybridized carbons (Fsp3) is 0.500. The van der Waals surface area contributed by atoms with Crippen LogP contribution in [0.15, 0.2) is 24.3 Å². The first kappa shape index (κ1) is 10.6. The molecule has 1 aliphatic heterocycles. The molecule has 1 aromatic rings. The molecule has 2 rings (SSSR count). The molecular weight excluding hydrogens is 195 g/mol. The molecule has 0 amide bonds. The lowest BCUT2D eigenvalue weighted by Crippen LogP contribution is -2.25. The highest BCUT2D eigenvalue weighted by Gasteiger charge is 2.26. The van der Waals surface area contributed by atoms with Crippen LogP contribution < -0.4 is 0 Å². The van der Waals surface area contributed by atoms with Crippen LogP contribution in [-0.4, -0.2) is 18.3 Å². The van der Waals surface area contributed by atoms with Crippen LogP contribution in [0.25, 0.3) is 0 Å². The number of aliphatic hydroxyl groups is 1. The Bertz CT molecular complexity index is 327. The smallest absolute Gasteiger partial charge is 0.123 e. The van der Waals surface area contributed by atoms with E-state index in [9.17, 15) is 9.50 Å². The van der Waals surface area contributed by atoms with Crippen molar-refractivity contribution in [2.45, 2.75) is 18.9 Å². The summed E-state index contributed by atoms with van der Waals surface area (Å²) in [6.45, 7) is 0.791. The number of benzene rings is 1. The van der Waals surface area contributed by atoms with Gasteiger partial charge in [0.1, 0.15) is 5.82 Å². The second-order valence-electron chi connectivity index (χ2n) is 3.93. The van der Waals surface area contributed by atoms with E-state index in [0.29, 0.717) is 6.61 Å². The van der Waals surface area contributed by atoms with E-state index in [1.54, 1.807) is 6.07 Å². The average Bonchev–Trinajstić information content (AvgIpc) is 2.29. The zero-order chi connectivity index (χ0) is 10.7. The molecule has 0 aromatic heterocycles. The minimum Gasteiger partial charge on any atom is -0.396 e. The van der Waals surface area contributed by atoms with Crippen molar-refractivity contribution in [1.29, 1.82) is 0 Å². The first-order chi connectivity index (χ1) is 7.31. The monoisotopic (exact) mass is 210 g/mol. The normalized spacial score (nSPS) is 26.5. The third kappa shape index (κ3) is 2.36. The Balaban J connectivity index is 2.20. The van der Waals surface area contributed by atoms with Crippen LogP contribution in [-0.2, 0) is 4.74 Å². The Morgan fingerprint density at radius 1 is 1.47 bits per heavy atom. The van der Waals surface area contributed by atoms with Crippen LogP contribution in [0.4, 0.5) is 4.39 Å². The van der Waals surface area contributed by atoms with Gasteiger partial charge in [0.05, 0.1) is 6.10 Å². The molecule has 82 valence electrons. The number of hydrogen-bond donors (Lipinski definition) is 1. The lowest BCUT2D eigenvalue weighted by atomic mass is 9.90. The summed E-state index contributed by atoms with van der Waals surface area (Å²) in [7, 11) is 0. The van der Waals surface area contributed by atoms with E-state index in [2.05, 4.69) is 0 Å². The molecule has 15 heavy (non-hydrogen) atoms.